The van der Waals surface area contributed by atoms with Crippen molar-refractivity contribution in [3.63, 3.8) is 0 Å². The highest BCUT2D eigenvalue weighted by Crippen LogP contribution is 2.65. The Bertz CT molecular complexity index is 428. The summed E-state index contributed by atoms with van der Waals surface area (Å²) in [6.07, 6.45) is 0. The van der Waals surface area contributed by atoms with Gasteiger partial charge in [-0.05, 0) is 60.6 Å². The van der Waals surface area contributed by atoms with Gasteiger partial charge in [-0.15, -0.1) is 11.3 Å². The molecule has 2 unspecified atom stereocenters. The van der Waals surface area contributed by atoms with Crippen LogP contribution < -0.4 is 5.32 Å². The van der Waals surface area contributed by atoms with Crippen molar-refractivity contribution in [2.75, 3.05) is 6.54 Å². The number of rotatable bonds is 3. The SMILES string of the molecule is CC(C)(C)NCC1C(c2cc(Br)c(Cl)s2)C1(C)C. The minimum Gasteiger partial charge on any atom is -0.312 e. The van der Waals surface area contributed by atoms with Crippen LogP contribution in [0.1, 0.15) is 45.4 Å². The third kappa shape index (κ3) is 2.95. The van der Waals surface area contributed by atoms with Crippen LogP contribution in [-0.4, -0.2) is 12.1 Å². The third-order valence-electron chi connectivity index (χ3n) is 3.87. The van der Waals surface area contributed by atoms with Crippen LogP contribution in [0, 0.1) is 11.3 Å². The van der Waals surface area contributed by atoms with E-state index in [1.165, 1.54) is 4.88 Å². The van der Waals surface area contributed by atoms with Crippen molar-refractivity contribution in [2.24, 2.45) is 11.3 Å². The van der Waals surface area contributed by atoms with Crippen LogP contribution >= 0.6 is 38.9 Å². The first-order valence-electron chi connectivity index (χ1n) is 6.32. The van der Waals surface area contributed by atoms with E-state index in [4.69, 9.17) is 11.6 Å². The monoisotopic (exact) mass is 349 g/mol. The smallest absolute Gasteiger partial charge is 0.107 e. The maximum Gasteiger partial charge on any atom is 0.107 e. The molecule has 1 aromatic heterocycles. The fraction of sp³-hybridized carbons (Fsp3) is 0.714. The maximum absolute atomic E-state index is 6.15. The zero-order chi connectivity index (χ0) is 13.7. The summed E-state index contributed by atoms with van der Waals surface area (Å²) >= 11 is 11.4. The number of nitrogens with one attached hydrogen (secondary N) is 1. The molecule has 2 atom stereocenters. The van der Waals surface area contributed by atoms with Gasteiger partial charge in [0.1, 0.15) is 4.34 Å². The zero-order valence-corrected chi connectivity index (χ0v) is 14.8. The van der Waals surface area contributed by atoms with Gasteiger partial charge in [-0.3, -0.25) is 0 Å². The lowest BCUT2D eigenvalue weighted by molar-refractivity contribution is 0.396. The van der Waals surface area contributed by atoms with Crippen LogP contribution in [0.2, 0.25) is 4.34 Å². The first kappa shape index (κ1) is 14.8. The number of hydrogen-bond acceptors (Lipinski definition) is 2. The molecular weight excluding hydrogens is 330 g/mol. The molecule has 0 radical (unpaired) electrons. The van der Waals surface area contributed by atoms with Gasteiger partial charge in [-0.1, -0.05) is 25.4 Å². The molecule has 1 aliphatic rings. The highest BCUT2D eigenvalue weighted by Gasteiger charge is 2.58. The Kier molecular flexibility index (Phi) is 3.92. The van der Waals surface area contributed by atoms with E-state index in [0.29, 0.717) is 17.3 Å². The minimum atomic E-state index is 0.191. The summed E-state index contributed by atoms with van der Waals surface area (Å²) in [5.74, 6) is 1.35. The summed E-state index contributed by atoms with van der Waals surface area (Å²) in [7, 11) is 0. The van der Waals surface area contributed by atoms with Gasteiger partial charge in [0.05, 0.1) is 0 Å². The summed E-state index contributed by atoms with van der Waals surface area (Å²) in [6, 6.07) is 2.19. The molecule has 0 saturated heterocycles. The second kappa shape index (κ2) is 4.76. The normalized spacial score (nSPS) is 26.4. The Morgan fingerprint density at radius 3 is 2.50 bits per heavy atom. The predicted octanol–water partition coefficient (Wildman–Crippen LogP) is 5.29. The topological polar surface area (TPSA) is 12.0 Å². The summed E-state index contributed by atoms with van der Waals surface area (Å²) in [4.78, 5) is 1.41. The van der Waals surface area contributed by atoms with Crippen LogP contribution in [0.15, 0.2) is 10.5 Å². The molecule has 1 heterocycles. The van der Waals surface area contributed by atoms with Crippen LogP contribution in [0.5, 0.6) is 0 Å². The Morgan fingerprint density at radius 1 is 1.44 bits per heavy atom. The summed E-state index contributed by atoms with van der Waals surface area (Å²) in [5, 5.41) is 3.62. The lowest BCUT2D eigenvalue weighted by atomic mass is 10.1. The molecule has 18 heavy (non-hydrogen) atoms. The van der Waals surface area contributed by atoms with Crippen molar-refractivity contribution in [2.45, 2.75) is 46.1 Å². The molecule has 1 N–H and O–H groups in total. The van der Waals surface area contributed by atoms with Crippen LogP contribution in [-0.2, 0) is 0 Å². The Labute approximate surface area is 127 Å². The average molecular weight is 351 g/mol. The van der Waals surface area contributed by atoms with Crippen LogP contribution in [0.3, 0.4) is 0 Å². The van der Waals surface area contributed by atoms with Gasteiger partial charge < -0.3 is 5.32 Å². The van der Waals surface area contributed by atoms with Gasteiger partial charge in [-0.25, -0.2) is 0 Å². The molecule has 1 nitrogen and oxygen atoms in total. The molecule has 1 aliphatic carbocycles. The highest BCUT2D eigenvalue weighted by atomic mass is 79.9. The van der Waals surface area contributed by atoms with Gasteiger partial charge in [0.25, 0.3) is 0 Å². The lowest BCUT2D eigenvalue weighted by Gasteiger charge is -2.21. The molecule has 0 aliphatic heterocycles. The minimum absolute atomic E-state index is 0.191. The van der Waals surface area contributed by atoms with Gasteiger partial charge in [0, 0.05) is 20.8 Å². The number of halogens is 2. The molecule has 0 spiro atoms. The summed E-state index contributed by atoms with van der Waals surface area (Å²) in [5.41, 5.74) is 0.572. The van der Waals surface area contributed by atoms with Crippen LogP contribution in [0.25, 0.3) is 0 Å². The van der Waals surface area contributed by atoms with Crippen molar-refractivity contribution in [1.82, 2.24) is 5.32 Å². The Morgan fingerprint density at radius 2 is 2.06 bits per heavy atom. The maximum atomic E-state index is 6.15. The fourth-order valence-corrected chi connectivity index (χ4v) is 4.72. The van der Waals surface area contributed by atoms with Crippen molar-refractivity contribution >= 4 is 38.9 Å². The zero-order valence-electron chi connectivity index (χ0n) is 11.6. The second-order valence-electron chi connectivity index (χ2n) is 6.81. The van der Waals surface area contributed by atoms with E-state index in [0.717, 1.165) is 15.4 Å². The lowest BCUT2D eigenvalue weighted by Crippen LogP contribution is -2.37. The Balaban J connectivity index is 2.07. The molecule has 0 aromatic carbocycles. The van der Waals surface area contributed by atoms with Gasteiger partial charge in [0.15, 0.2) is 0 Å². The molecular formula is C14H21BrClNS. The molecule has 0 bridgehead atoms. The fourth-order valence-electron chi connectivity index (χ4n) is 2.62. The highest BCUT2D eigenvalue weighted by molar-refractivity contribution is 9.10. The van der Waals surface area contributed by atoms with Crippen molar-refractivity contribution in [3.8, 4) is 0 Å². The Hall–Kier alpha value is 0.430. The first-order valence-corrected chi connectivity index (χ1v) is 8.31. The largest absolute Gasteiger partial charge is 0.312 e. The predicted molar refractivity (Wildman–Crippen MR) is 84.8 cm³/mol. The van der Waals surface area contributed by atoms with E-state index >= 15 is 0 Å². The number of hydrogen-bond donors (Lipinski definition) is 1. The van der Waals surface area contributed by atoms with Crippen molar-refractivity contribution in [3.05, 3.63) is 19.8 Å². The van der Waals surface area contributed by atoms with Crippen LogP contribution in [0.4, 0.5) is 0 Å². The van der Waals surface area contributed by atoms with E-state index in [9.17, 15) is 0 Å². The summed E-state index contributed by atoms with van der Waals surface area (Å²) < 4.78 is 1.91. The third-order valence-corrected chi connectivity index (χ3v) is 6.43. The number of thiophene rings is 1. The quantitative estimate of drug-likeness (QED) is 0.780. The van der Waals surface area contributed by atoms with Gasteiger partial charge >= 0.3 is 0 Å². The van der Waals surface area contributed by atoms with Crippen molar-refractivity contribution < 1.29 is 0 Å². The standard InChI is InChI=1S/C14H21BrClNS/c1-13(2,3)17-7-8-11(14(8,4)5)10-6-9(15)12(16)18-10/h6,8,11,17H,7H2,1-5H3. The molecule has 2 rings (SSSR count). The van der Waals surface area contributed by atoms with Crippen molar-refractivity contribution in [1.29, 1.82) is 0 Å². The van der Waals surface area contributed by atoms with E-state index in [1.807, 2.05) is 0 Å². The molecule has 1 saturated carbocycles. The van der Waals surface area contributed by atoms with Gasteiger partial charge in [0.2, 0.25) is 0 Å². The molecule has 1 fully saturated rings. The van der Waals surface area contributed by atoms with E-state index in [2.05, 4.69) is 61.9 Å². The molecule has 102 valence electrons. The second-order valence-corrected chi connectivity index (χ2v) is 9.35. The summed E-state index contributed by atoms with van der Waals surface area (Å²) in [6.45, 7) is 12.4. The molecule has 0 amide bonds. The average Bonchev–Trinajstić information content (AvgIpc) is 2.58. The van der Waals surface area contributed by atoms with E-state index < -0.39 is 0 Å². The van der Waals surface area contributed by atoms with E-state index in [1.54, 1.807) is 11.3 Å². The molecule has 4 heteroatoms. The van der Waals surface area contributed by atoms with E-state index in [-0.39, 0.29) is 5.54 Å². The molecule has 1 aromatic rings. The first-order chi connectivity index (χ1) is 8.13. The van der Waals surface area contributed by atoms with Gasteiger partial charge in [-0.2, -0.15) is 0 Å².